The molecule has 3 rings (SSSR count). The molecule has 0 atom stereocenters. The summed E-state index contributed by atoms with van der Waals surface area (Å²) < 4.78 is 39.4. The second kappa shape index (κ2) is 7.39. The lowest BCUT2D eigenvalue weighted by atomic mass is 10.2. The lowest BCUT2D eigenvalue weighted by molar-refractivity contribution is -0.137. The number of aromatic nitrogens is 3. The third-order valence-electron chi connectivity index (χ3n) is 3.57. The summed E-state index contributed by atoms with van der Waals surface area (Å²) in [7, 11) is 0. The van der Waals surface area contributed by atoms with Crippen LogP contribution < -0.4 is 11.0 Å². The molecular weight excluding hydrogens is 381 g/mol. The number of benzene rings is 1. The standard InChI is InChI=1S/C17H13F3N4O2S/c1-10-4-3-7-24-14(10)22-15(23-16(24)26)27-9-13(25)21-12-6-2-5-11(8-12)17(18,19)20/h2-8H,9H2,1H3,(H,21,25). The summed E-state index contributed by atoms with van der Waals surface area (Å²) in [4.78, 5) is 32.1. The molecule has 140 valence electrons. The minimum Gasteiger partial charge on any atom is -0.325 e. The van der Waals surface area contributed by atoms with Crippen molar-refractivity contribution in [2.75, 3.05) is 11.1 Å². The zero-order chi connectivity index (χ0) is 19.6. The van der Waals surface area contributed by atoms with E-state index in [1.54, 1.807) is 25.3 Å². The summed E-state index contributed by atoms with van der Waals surface area (Å²) in [5.74, 6) is -0.689. The molecule has 0 bridgehead atoms. The molecule has 1 amide bonds. The number of hydrogen-bond donors (Lipinski definition) is 1. The second-order valence-corrected chi connectivity index (χ2v) is 6.53. The molecule has 0 spiro atoms. The quantitative estimate of drug-likeness (QED) is 0.688. The number of fused-ring (bicyclic) bond motifs is 1. The molecule has 2 heterocycles. The van der Waals surface area contributed by atoms with Gasteiger partial charge in [-0.15, -0.1) is 0 Å². The van der Waals surface area contributed by atoms with Gasteiger partial charge in [-0.1, -0.05) is 23.9 Å². The van der Waals surface area contributed by atoms with Crippen molar-refractivity contribution in [3.63, 3.8) is 0 Å². The number of alkyl halides is 3. The molecule has 27 heavy (non-hydrogen) atoms. The number of rotatable bonds is 4. The van der Waals surface area contributed by atoms with Crippen molar-refractivity contribution in [2.24, 2.45) is 0 Å². The first-order valence-corrected chi connectivity index (χ1v) is 8.68. The summed E-state index contributed by atoms with van der Waals surface area (Å²) in [6.07, 6.45) is -2.95. The van der Waals surface area contributed by atoms with E-state index in [1.807, 2.05) is 0 Å². The first-order chi connectivity index (χ1) is 12.7. The number of carbonyl (C=O) groups is 1. The predicted molar refractivity (Wildman–Crippen MR) is 94.8 cm³/mol. The molecule has 3 aromatic rings. The molecule has 0 aliphatic heterocycles. The molecule has 2 aromatic heterocycles. The van der Waals surface area contributed by atoms with Gasteiger partial charge in [-0.3, -0.25) is 9.20 Å². The maximum atomic E-state index is 12.7. The van der Waals surface area contributed by atoms with E-state index < -0.39 is 23.3 Å². The van der Waals surface area contributed by atoms with Crippen molar-refractivity contribution >= 4 is 29.0 Å². The van der Waals surface area contributed by atoms with E-state index in [4.69, 9.17) is 0 Å². The smallest absolute Gasteiger partial charge is 0.325 e. The van der Waals surface area contributed by atoms with Crippen LogP contribution in [0.2, 0.25) is 0 Å². The lowest BCUT2D eigenvalue weighted by Gasteiger charge is -2.09. The predicted octanol–water partition coefficient (Wildman–Crippen LogP) is 3.15. The molecule has 1 aromatic carbocycles. The average molecular weight is 394 g/mol. The maximum absolute atomic E-state index is 12.7. The maximum Gasteiger partial charge on any atom is 0.416 e. The van der Waals surface area contributed by atoms with Gasteiger partial charge in [0.1, 0.15) is 5.65 Å². The summed E-state index contributed by atoms with van der Waals surface area (Å²) in [5, 5.41) is 2.51. The van der Waals surface area contributed by atoms with E-state index in [9.17, 15) is 22.8 Å². The highest BCUT2D eigenvalue weighted by Crippen LogP contribution is 2.30. The molecule has 0 saturated heterocycles. The Bertz CT molecular complexity index is 1070. The molecule has 0 aliphatic carbocycles. The van der Waals surface area contributed by atoms with Crippen LogP contribution in [0.1, 0.15) is 11.1 Å². The van der Waals surface area contributed by atoms with Crippen molar-refractivity contribution in [3.05, 3.63) is 64.2 Å². The Hall–Kier alpha value is -2.88. The summed E-state index contributed by atoms with van der Waals surface area (Å²) >= 11 is 0.925. The van der Waals surface area contributed by atoms with Crippen molar-refractivity contribution in [1.82, 2.24) is 14.4 Å². The van der Waals surface area contributed by atoms with Crippen LogP contribution in [0.15, 0.2) is 52.5 Å². The van der Waals surface area contributed by atoms with Gasteiger partial charge < -0.3 is 5.32 Å². The van der Waals surface area contributed by atoms with Crippen molar-refractivity contribution in [3.8, 4) is 0 Å². The van der Waals surface area contributed by atoms with Crippen LogP contribution in [-0.4, -0.2) is 26.0 Å². The molecule has 0 aliphatic rings. The highest BCUT2D eigenvalue weighted by molar-refractivity contribution is 7.99. The molecule has 0 unspecified atom stereocenters. The van der Waals surface area contributed by atoms with Gasteiger partial charge in [-0.25, -0.2) is 9.78 Å². The molecule has 0 radical (unpaired) electrons. The highest BCUT2D eigenvalue weighted by Gasteiger charge is 2.30. The van der Waals surface area contributed by atoms with Gasteiger partial charge in [-0.2, -0.15) is 18.2 Å². The number of nitrogens with zero attached hydrogens (tertiary/aromatic N) is 3. The largest absolute Gasteiger partial charge is 0.416 e. The van der Waals surface area contributed by atoms with Crippen molar-refractivity contribution in [1.29, 1.82) is 0 Å². The summed E-state index contributed by atoms with van der Waals surface area (Å²) in [6, 6.07) is 7.83. The number of thioether (sulfide) groups is 1. The van der Waals surface area contributed by atoms with Crippen LogP contribution in [0.5, 0.6) is 0 Å². The number of hydrogen-bond acceptors (Lipinski definition) is 5. The first kappa shape index (κ1) is 18.9. The fourth-order valence-corrected chi connectivity index (χ4v) is 2.95. The van der Waals surface area contributed by atoms with E-state index in [-0.39, 0.29) is 16.6 Å². The van der Waals surface area contributed by atoms with Gasteiger partial charge in [-0.05, 0) is 36.8 Å². The van der Waals surface area contributed by atoms with E-state index in [0.29, 0.717) is 5.65 Å². The Morgan fingerprint density at radius 3 is 2.74 bits per heavy atom. The van der Waals surface area contributed by atoms with Crippen LogP contribution in [0.4, 0.5) is 18.9 Å². The average Bonchev–Trinajstić information content (AvgIpc) is 2.60. The number of anilines is 1. The number of pyridine rings is 1. The fraction of sp³-hybridized carbons (Fsp3) is 0.176. The van der Waals surface area contributed by atoms with Gasteiger partial charge >= 0.3 is 11.9 Å². The Kier molecular flexibility index (Phi) is 5.17. The minimum atomic E-state index is -4.49. The zero-order valence-corrected chi connectivity index (χ0v) is 14.8. The van der Waals surface area contributed by atoms with Crippen LogP contribution in [-0.2, 0) is 11.0 Å². The number of halogens is 3. The number of amides is 1. The normalized spacial score (nSPS) is 11.6. The van der Waals surface area contributed by atoms with Crippen LogP contribution in [0, 0.1) is 6.92 Å². The van der Waals surface area contributed by atoms with E-state index in [1.165, 1.54) is 16.5 Å². The highest BCUT2D eigenvalue weighted by atomic mass is 32.2. The number of aryl methyl sites for hydroxylation is 1. The number of carbonyl (C=O) groups excluding carboxylic acids is 1. The van der Waals surface area contributed by atoms with E-state index >= 15 is 0 Å². The van der Waals surface area contributed by atoms with Crippen molar-refractivity contribution in [2.45, 2.75) is 18.3 Å². The van der Waals surface area contributed by atoms with Gasteiger partial charge in [0, 0.05) is 11.9 Å². The third-order valence-corrected chi connectivity index (χ3v) is 4.41. The second-order valence-electron chi connectivity index (χ2n) is 5.59. The van der Waals surface area contributed by atoms with Gasteiger partial charge in [0.15, 0.2) is 5.16 Å². The Labute approximate surface area is 155 Å². The third kappa shape index (κ3) is 4.45. The molecule has 10 heteroatoms. The number of nitrogens with one attached hydrogen (secondary N) is 1. The minimum absolute atomic E-state index is 0.0331. The van der Waals surface area contributed by atoms with E-state index in [2.05, 4.69) is 15.3 Å². The first-order valence-electron chi connectivity index (χ1n) is 7.70. The van der Waals surface area contributed by atoms with Gasteiger partial charge in [0.05, 0.1) is 11.3 Å². The summed E-state index contributed by atoms with van der Waals surface area (Å²) in [5.41, 5.74) is -0.143. The zero-order valence-electron chi connectivity index (χ0n) is 13.9. The Balaban J connectivity index is 1.70. The molecule has 6 nitrogen and oxygen atoms in total. The Morgan fingerprint density at radius 1 is 1.22 bits per heavy atom. The van der Waals surface area contributed by atoms with Gasteiger partial charge in [0.25, 0.3) is 0 Å². The fourth-order valence-electron chi connectivity index (χ4n) is 2.32. The topological polar surface area (TPSA) is 76.4 Å². The molecular formula is C17H13F3N4O2S. The van der Waals surface area contributed by atoms with Gasteiger partial charge in [0.2, 0.25) is 5.91 Å². The van der Waals surface area contributed by atoms with Crippen LogP contribution >= 0.6 is 11.8 Å². The lowest BCUT2D eigenvalue weighted by Crippen LogP contribution is -2.20. The summed E-state index contributed by atoms with van der Waals surface area (Å²) in [6.45, 7) is 1.79. The monoisotopic (exact) mass is 394 g/mol. The van der Waals surface area contributed by atoms with Crippen molar-refractivity contribution < 1.29 is 18.0 Å². The SMILES string of the molecule is Cc1cccn2c(=O)nc(SCC(=O)Nc3cccc(C(F)(F)F)c3)nc12. The molecule has 1 N–H and O–H groups in total. The van der Waals surface area contributed by atoms with Crippen LogP contribution in [0.3, 0.4) is 0 Å². The molecule has 0 fully saturated rings. The van der Waals surface area contributed by atoms with E-state index in [0.717, 1.165) is 29.5 Å². The molecule has 0 saturated carbocycles. The van der Waals surface area contributed by atoms with Crippen LogP contribution in [0.25, 0.3) is 5.65 Å². The Morgan fingerprint density at radius 2 is 2.00 bits per heavy atom.